The number of nitrogens with one attached hydrogen (secondary N) is 1. The lowest BCUT2D eigenvalue weighted by atomic mass is 10.1. The number of amides is 2. The summed E-state index contributed by atoms with van der Waals surface area (Å²) >= 11 is 0. The van der Waals surface area contributed by atoms with E-state index in [-0.39, 0.29) is 37.5 Å². The lowest BCUT2D eigenvalue weighted by Crippen LogP contribution is -2.49. The van der Waals surface area contributed by atoms with Gasteiger partial charge in [-0.05, 0) is 55.2 Å². The van der Waals surface area contributed by atoms with Crippen molar-refractivity contribution in [2.24, 2.45) is 0 Å². The van der Waals surface area contributed by atoms with Gasteiger partial charge in [0.15, 0.2) is 0 Å². The quantitative estimate of drug-likeness (QED) is 0.251. The van der Waals surface area contributed by atoms with Gasteiger partial charge in [-0.2, -0.15) is 13.2 Å². The summed E-state index contributed by atoms with van der Waals surface area (Å²) < 4.78 is 78.6. The predicted octanol–water partition coefficient (Wildman–Crippen LogP) is 5.11. The Bertz CT molecular complexity index is 1200. The van der Waals surface area contributed by atoms with Gasteiger partial charge in [0.2, 0.25) is 21.8 Å². The molecular formula is C27H35F4N3O4S. The number of hydrogen-bond donors (Lipinski definition) is 1. The highest BCUT2D eigenvalue weighted by molar-refractivity contribution is 7.92. The van der Waals surface area contributed by atoms with E-state index in [1.54, 1.807) is 6.92 Å². The van der Waals surface area contributed by atoms with Crippen molar-refractivity contribution in [1.82, 2.24) is 10.2 Å². The molecule has 0 bridgehead atoms. The van der Waals surface area contributed by atoms with Gasteiger partial charge >= 0.3 is 6.18 Å². The number of sulfonamides is 1. The Morgan fingerprint density at radius 2 is 1.69 bits per heavy atom. The van der Waals surface area contributed by atoms with Crippen LogP contribution in [0.15, 0.2) is 48.5 Å². The van der Waals surface area contributed by atoms with E-state index in [1.807, 2.05) is 6.92 Å². The Kier molecular flexibility index (Phi) is 11.8. The van der Waals surface area contributed by atoms with Gasteiger partial charge in [-0.1, -0.05) is 38.5 Å². The summed E-state index contributed by atoms with van der Waals surface area (Å²) in [6, 6.07) is 8.68. The van der Waals surface area contributed by atoms with E-state index >= 15 is 0 Å². The molecule has 0 aromatic heterocycles. The number of anilines is 1. The fraction of sp³-hybridized carbons (Fsp3) is 0.481. The molecule has 0 saturated heterocycles. The van der Waals surface area contributed by atoms with Crippen molar-refractivity contribution in [3.8, 4) is 0 Å². The smallest absolute Gasteiger partial charge is 0.354 e. The Morgan fingerprint density at radius 3 is 2.26 bits per heavy atom. The van der Waals surface area contributed by atoms with Crippen molar-refractivity contribution >= 4 is 27.5 Å². The zero-order chi connectivity index (χ0) is 29.2. The van der Waals surface area contributed by atoms with Crippen LogP contribution in [0.5, 0.6) is 0 Å². The monoisotopic (exact) mass is 573 g/mol. The number of benzene rings is 2. The van der Waals surface area contributed by atoms with Crippen molar-refractivity contribution in [3.63, 3.8) is 0 Å². The van der Waals surface area contributed by atoms with Gasteiger partial charge in [0.1, 0.15) is 11.9 Å². The second-order valence-electron chi connectivity index (χ2n) is 9.20. The highest BCUT2D eigenvalue weighted by Gasteiger charge is 2.32. The lowest BCUT2D eigenvalue weighted by molar-refractivity contribution is -0.141. The second kappa shape index (κ2) is 14.3. The summed E-state index contributed by atoms with van der Waals surface area (Å²) in [5.41, 5.74) is -0.550. The summed E-state index contributed by atoms with van der Waals surface area (Å²) in [6.45, 7) is 3.98. The van der Waals surface area contributed by atoms with E-state index < -0.39 is 39.5 Å². The molecule has 0 saturated carbocycles. The fourth-order valence-corrected chi connectivity index (χ4v) is 5.01. The summed E-state index contributed by atoms with van der Waals surface area (Å²) in [5.74, 6) is -1.21. The molecule has 0 radical (unpaired) electrons. The maximum Gasteiger partial charge on any atom is 0.416 e. The van der Waals surface area contributed by atoms with Crippen LogP contribution in [-0.2, 0) is 32.3 Å². The number of hydrogen-bond acceptors (Lipinski definition) is 4. The van der Waals surface area contributed by atoms with Gasteiger partial charge < -0.3 is 10.2 Å². The summed E-state index contributed by atoms with van der Waals surface area (Å²) in [5, 5.41) is 2.83. The summed E-state index contributed by atoms with van der Waals surface area (Å²) in [6.07, 6.45) is -1.99. The maximum absolute atomic E-state index is 13.4. The summed E-state index contributed by atoms with van der Waals surface area (Å²) in [4.78, 5) is 27.6. The third-order valence-corrected chi connectivity index (χ3v) is 7.29. The number of carbonyl (C=O) groups is 2. The SMILES string of the molecule is CCCCNC(=O)[C@H](CC)N(Cc1ccc(F)cc1)C(=O)CCCN(c1cccc(C(F)(F)F)c1)S(C)(=O)=O. The Morgan fingerprint density at radius 1 is 1.03 bits per heavy atom. The molecule has 2 amide bonds. The number of alkyl halides is 3. The predicted molar refractivity (Wildman–Crippen MR) is 142 cm³/mol. The van der Waals surface area contributed by atoms with E-state index in [0.29, 0.717) is 18.5 Å². The number of nitrogens with zero attached hydrogens (tertiary/aromatic N) is 2. The molecule has 12 heteroatoms. The highest BCUT2D eigenvalue weighted by Crippen LogP contribution is 2.32. The van der Waals surface area contributed by atoms with E-state index in [0.717, 1.165) is 41.6 Å². The van der Waals surface area contributed by atoms with Gasteiger partial charge in [0.05, 0.1) is 17.5 Å². The molecule has 39 heavy (non-hydrogen) atoms. The van der Waals surface area contributed by atoms with Crippen molar-refractivity contribution in [2.45, 2.75) is 64.7 Å². The van der Waals surface area contributed by atoms with Crippen molar-refractivity contribution in [1.29, 1.82) is 0 Å². The normalized spacial score (nSPS) is 12.6. The zero-order valence-electron chi connectivity index (χ0n) is 22.3. The van der Waals surface area contributed by atoms with Crippen LogP contribution >= 0.6 is 0 Å². The Hall–Kier alpha value is -3.15. The molecule has 1 N–H and O–H groups in total. The molecule has 0 fully saturated rings. The van der Waals surface area contributed by atoms with Gasteiger partial charge in [0, 0.05) is 26.1 Å². The molecule has 2 rings (SSSR count). The van der Waals surface area contributed by atoms with Gasteiger partial charge in [0.25, 0.3) is 0 Å². The van der Waals surface area contributed by atoms with Crippen LogP contribution in [0.1, 0.15) is 57.1 Å². The molecule has 216 valence electrons. The molecule has 2 aromatic rings. The van der Waals surface area contributed by atoms with Crippen LogP contribution in [0.2, 0.25) is 0 Å². The van der Waals surface area contributed by atoms with Gasteiger partial charge in [-0.25, -0.2) is 12.8 Å². The first-order valence-corrected chi connectivity index (χ1v) is 14.6. The molecule has 0 spiro atoms. The van der Waals surface area contributed by atoms with Crippen LogP contribution in [-0.4, -0.2) is 50.5 Å². The van der Waals surface area contributed by atoms with Gasteiger partial charge in [-0.3, -0.25) is 13.9 Å². The second-order valence-corrected chi connectivity index (χ2v) is 11.1. The van der Waals surface area contributed by atoms with Crippen LogP contribution in [0.25, 0.3) is 0 Å². The molecule has 0 unspecified atom stereocenters. The fourth-order valence-electron chi connectivity index (χ4n) is 4.05. The topological polar surface area (TPSA) is 86.8 Å². The van der Waals surface area contributed by atoms with Crippen LogP contribution in [0.3, 0.4) is 0 Å². The van der Waals surface area contributed by atoms with E-state index in [2.05, 4.69) is 5.32 Å². The first kappa shape index (κ1) is 32.1. The molecule has 2 aromatic carbocycles. The maximum atomic E-state index is 13.4. The van der Waals surface area contributed by atoms with Crippen molar-refractivity contribution in [2.75, 3.05) is 23.7 Å². The third kappa shape index (κ3) is 9.83. The highest BCUT2D eigenvalue weighted by atomic mass is 32.2. The standard InChI is InChI=1S/C27H35F4N3O4S/c1-4-6-16-32-26(36)24(5-2)33(19-20-12-14-22(28)15-13-20)25(35)11-8-17-34(39(3,37)38)23-10-7-9-21(18-23)27(29,30)31/h7,9-10,12-15,18,24H,4-6,8,11,16-17,19H2,1-3H3,(H,32,36)/t24-/m0/s1. The molecule has 0 aliphatic carbocycles. The third-order valence-electron chi connectivity index (χ3n) is 6.10. The molecule has 1 atom stereocenters. The average molecular weight is 574 g/mol. The summed E-state index contributed by atoms with van der Waals surface area (Å²) in [7, 11) is -3.96. The van der Waals surface area contributed by atoms with Crippen LogP contribution in [0, 0.1) is 5.82 Å². The largest absolute Gasteiger partial charge is 0.416 e. The van der Waals surface area contributed by atoms with E-state index in [1.165, 1.54) is 35.2 Å². The number of halogens is 4. The molecule has 0 aliphatic rings. The molecular weight excluding hydrogens is 538 g/mol. The van der Waals surface area contributed by atoms with E-state index in [4.69, 9.17) is 0 Å². The number of carbonyl (C=O) groups excluding carboxylic acids is 2. The number of unbranched alkanes of at least 4 members (excludes halogenated alkanes) is 1. The first-order chi connectivity index (χ1) is 18.3. The van der Waals surface area contributed by atoms with Gasteiger partial charge in [-0.15, -0.1) is 0 Å². The van der Waals surface area contributed by atoms with Crippen LogP contribution < -0.4 is 9.62 Å². The minimum absolute atomic E-state index is 0.00401. The Labute approximate surface area is 227 Å². The minimum Gasteiger partial charge on any atom is -0.354 e. The molecule has 0 heterocycles. The average Bonchev–Trinajstić information content (AvgIpc) is 2.86. The first-order valence-electron chi connectivity index (χ1n) is 12.7. The van der Waals surface area contributed by atoms with Crippen molar-refractivity contribution < 1.29 is 35.6 Å². The Balaban J connectivity index is 2.23. The lowest BCUT2D eigenvalue weighted by Gasteiger charge is -2.31. The molecule has 0 aliphatic heterocycles. The zero-order valence-corrected chi connectivity index (χ0v) is 23.1. The number of rotatable bonds is 14. The van der Waals surface area contributed by atoms with Crippen molar-refractivity contribution in [3.05, 3.63) is 65.5 Å². The van der Waals surface area contributed by atoms with E-state index in [9.17, 15) is 35.6 Å². The minimum atomic E-state index is -4.65. The molecule has 7 nitrogen and oxygen atoms in total. The van der Waals surface area contributed by atoms with Crippen LogP contribution in [0.4, 0.5) is 23.2 Å².